The van der Waals surface area contributed by atoms with Crippen LogP contribution in [0.4, 0.5) is 5.69 Å². The van der Waals surface area contributed by atoms with Crippen molar-refractivity contribution in [2.24, 2.45) is 0 Å². The minimum absolute atomic E-state index is 0.139. The number of carboxylic acid groups (broad SMARTS) is 1. The van der Waals surface area contributed by atoms with Gasteiger partial charge < -0.3 is 10.0 Å². The Bertz CT molecular complexity index is 633. The van der Waals surface area contributed by atoms with Crippen LogP contribution in [-0.4, -0.2) is 38.9 Å². The van der Waals surface area contributed by atoms with Crippen LogP contribution in [0.2, 0.25) is 5.02 Å². The second-order valence-electron chi connectivity index (χ2n) is 5.06. The van der Waals surface area contributed by atoms with E-state index < -0.39 is 22.3 Å². The van der Waals surface area contributed by atoms with E-state index in [1.165, 1.54) is 24.0 Å². The molecule has 0 radical (unpaired) electrons. The summed E-state index contributed by atoms with van der Waals surface area (Å²) in [5, 5.41) is 19.8. The average Bonchev–Trinajstić information content (AvgIpc) is 2.80. The molecule has 0 aliphatic carbocycles. The monoisotopic (exact) mass is 312 g/mol. The first-order valence-electron chi connectivity index (χ1n) is 6.26. The van der Waals surface area contributed by atoms with E-state index in [-0.39, 0.29) is 16.3 Å². The molecule has 7 nitrogen and oxygen atoms in total. The molecule has 8 heteroatoms. The molecule has 1 aromatic rings. The molecule has 0 spiro atoms. The number of amides is 1. The normalized spacial score (nSPS) is 21.3. The lowest BCUT2D eigenvalue weighted by molar-refractivity contribution is -0.384. The minimum Gasteiger partial charge on any atom is -0.480 e. The Morgan fingerprint density at radius 2 is 2.14 bits per heavy atom. The second-order valence-corrected chi connectivity index (χ2v) is 5.47. The van der Waals surface area contributed by atoms with Gasteiger partial charge in [0, 0.05) is 18.2 Å². The van der Waals surface area contributed by atoms with Crippen molar-refractivity contribution in [2.75, 3.05) is 6.54 Å². The van der Waals surface area contributed by atoms with Crippen molar-refractivity contribution < 1.29 is 19.6 Å². The molecule has 1 saturated heterocycles. The van der Waals surface area contributed by atoms with Crippen LogP contribution >= 0.6 is 11.6 Å². The summed E-state index contributed by atoms with van der Waals surface area (Å²) in [5.41, 5.74) is -1.42. The number of carbonyl (C=O) groups is 2. The number of likely N-dealkylation sites (tertiary alicyclic amines) is 1. The number of rotatable bonds is 3. The van der Waals surface area contributed by atoms with E-state index in [1.54, 1.807) is 0 Å². The smallest absolute Gasteiger partial charge is 0.329 e. The van der Waals surface area contributed by atoms with Crippen LogP contribution in [0.15, 0.2) is 18.2 Å². The molecule has 112 valence electrons. The third kappa shape index (κ3) is 2.56. The summed E-state index contributed by atoms with van der Waals surface area (Å²) >= 11 is 5.78. The highest BCUT2D eigenvalue weighted by molar-refractivity contribution is 6.33. The van der Waals surface area contributed by atoms with E-state index in [0.717, 1.165) is 6.07 Å². The van der Waals surface area contributed by atoms with Crippen LogP contribution in [0.25, 0.3) is 0 Å². The fourth-order valence-electron chi connectivity index (χ4n) is 2.45. The molecule has 1 unspecified atom stereocenters. The van der Waals surface area contributed by atoms with Crippen LogP contribution in [0.1, 0.15) is 30.1 Å². The first kappa shape index (κ1) is 15.2. The molecule has 1 aromatic carbocycles. The fraction of sp³-hybridized carbons (Fsp3) is 0.385. The van der Waals surface area contributed by atoms with Gasteiger partial charge in [-0.2, -0.15) is 0 Å². The molecule has 1 fully saturated rings. The topological polar surface area (TPSA) is 101 Å². The third-order valence-electron chi connectivity index (χ3n) is 3.74. The Morgan fingerprint density at radius 1 is 1.48 bits per heavy atom. The number of halogens is 1. The van der Waals surface area contributed by atoms with Gasteiger partial charge >= 0.3 is 5.97 Å². The number of hydrogen-bond acceptors (Lipinski definition) is 4. The van der Waals surface area contributed by atoms with E-state index in [1.807, 2.05) is 0 Å². The molecule has 2 rings (SSSR count). The summed E-state index contributed by atoms with van der Waals surface area (Å²) in [6.45, 7) is 1.82. The Hall–Kier alpha value is -2.15. The Balaban J connectivity index is 2.34. The lowest BCUT2D eigenvalue weighted by atomic mass is 9.98. The van der Waals surface area contributed by atoms with Crippen molar-refractivity contribution >= 4 is 29.2 Å². The van der Waals surface area contributed by atoms with Gasteiger partial charge in [0.2, 0.25) is 0 Å². The predicted molar refractivity (Wildman–Crippen MR) is 74.4 cm³/mol. The second kappa shape index (κ2) is 5.33. The van der Waals surface area contributed by atoms with Gasteiger partial charge in [0.15, 0.2) is 0 Å². The zero-order valence-electron chi connectivity index (χ0n) is 11.2. The van der Waals surface area contributed by atoms with Crippen LogP contribution in [0.5, 0.6) is 0 Å². The molecule has 21 heavy (non-hydrogen) atoms. The highest BCUT2D eigenvalue weighted by atomic mass is 35.5. The van der Waals surface area contributed by atoms with Crippen molar-refractivity contribution in [3.8, 4) is 0 Å². The molecular weight excluding hydrogens is 300 g/mol. The van der Waals surface area contributed by atoms with Gasteiger partial charge in [-0.15, -0.1) is 0 Å². The summed E-state index contributed by atoms with van der Waals surface area (Å²) < 4.78 is 0. The molecule has 1 aliphatic rings. The number of nitrogens with zero attached hydrogens (tertiary/aromatic N) is 2. The number of nitro groups is 1. The van der Waals surface area contributed by atoms with Crippen molar-refractivity contribution in [2.45, 2.75) is 25.3 Å². The number of carboxylic acids is 1. The summed E-state index contributed by atoms with van der Waals surface area (Å²) in [7, 11) is 0. The summed E-state index contributed by atoms with van der Waals surface area (Å²) in [6.07, 6.45) is 0.962. The van der Waals surface area contributed by atoms with Gasteiger partial charge in [-0.1, -0.05) is 11.6 Å². The highest BCUT2D eigenvalue weighted by Crippen LogP contribution is 2.32. The maximum atomic E-state index is 12.4. The maximum Gasteiger partial charge on any atom is 0.329 e. The van der Waals surface area contributed by atoms with Crippen molar-refractivity contribution in [3.05, 3.63) is 38.9 Å². The molecule has 1 heterocycles. The summed E-state index contributed by atoms with van der Waals surface area (Å²) in [4.78, 5) is 35.1. The van der Waals surface area contributed by atoms with E-state index >= 15 is 0 Å². The number of hydrogen-bond donors (Lipinski definition) is 1. The lowest BCUT2D eigenvalue weighted by Gasteiger charge is -2.31. The van der Waals surface area contributed by atoms with Gasteiger partial charge in [0.1, 0.15) is 10.6 Å². The molecule has 0 aromatic heterocycles. The predicted octanol–water partition coefficient (Wildman–Crippen LogP) is 2.33. The maximum absolute atomic E-state index is 12.4. The number of nitro benzene ring substituents is 1. The number of aliphatic carboxylic acids is 1. The molecule has 1 amide bonds. The third-order valence-corrected chi connectivity index (χ3v) is 4.04. The SMILES string of the molecule is CC1(C(=O)O)CCCN1C(=O)c1ccc([N+](=O)[O-])c(Cl)c1. The van der Waals surface area contributed by atoms with Gasteiger partial charge in [0.25, 0.3) is 11.6 Å². The zero-order valence-corrected chi connectivity index (χ0v) is 12.0. The Kier molecular flexibility index (Phi) is 3.87. The molecule has 0 bridgehead atoms. The van der Waals surface area contributed by atoms with Crippen LogP contribution in [-0.2, 0) is 4.79 Å². The molecular formula is C13H13ClN2O5. The van der Waals surface area contributed by atoms with E-state index in [9.17, 15) is 24.8 Å². The standard InChI is InChI=1S/C13H13ClN2O5/c1-13(12(18)19)5-2-6-15(13)11(17)8-3-4-10(16(20)21)9(14)7-8/h3-4,7H,2,5-6H2,1H3,(H,18,19). The van der Waals surface area contributed by atoms with E-state index in [4.69, 9.17) is 11.6 Å². The first-order chi connectivity index (χ1) is 9.77. The van der Waals surface area contributed by atoms with Gasteiger partial charge in [-0.05, 0) is 31.9 Å². The fourth-order valence-corrected chi connectivity index (χ4v) is 2.70. The van der Waals surface area contributed by atoms with Crippen molar-refractivity contribution in [1.29, 1.82) is 0 Å². The van der Waals surface area contributed by atoms with Crippen LogP contribution < -0.4 is 0 Å². The molecule has 0 saturated carbocycles. The summed E-state index contributed by atoms with van der Waals surface area (Å²) in [6, 6.07) is 3.62. The highest BCUT2D eigenvalue weighted by Gasteiger charge is 2.46. The largest absolute Gasteiger partial charge is 0.480 e. The van der Waals surface area contributed by atoms with Crippen LogP contribution in [0.3, 0.4) is 0 Å². The van der Waals surface area contributed by atoms with Crippen LogP contribution in [0, 0.1) is 10.1 Å². The first-order valence-corrected chi connectivity index (χ1v) is 6.64. The number of carbonyl (C=O) groups excluding carboxylic acids is 1. The zero-order chi connectivity index (χ0) is 15.8. The van der Waals surface area contributed by atoms with E-state index in [2.05, 4.69) is 0 Å². The van der Waals surface area contributed by atoms with Crippen molar-refractivity contribution in [3.63, 3.8) is 0 Å². The average molecular weight is 313 g/mol. The van der Waals surface area contributed by atoms with Crippen molar-refractivity contribution in [1.82, 2.24) is 4.90 Å². The van der Waals surface area contributed by atoms with Gasteiger partial charge in [-0.3, -0.25) is 14.9 Å². The molecule has 1 aliphatic heterocycles. The van der Waals surface area contributed by atoms with Gasteiger partial charge in [0.05, 0.1) is 4.92 Å². The van der Waals surface area contributed by atoms with Gasteiger partial charge in [-0.25, -0.2) is 4.79 Å². The minimum atomic E-state index is -1.26. The Morgan fingerprint density at radius 3 is 2.67 bits per heavy atom. The quantitative estimate of drug-likeness (QED) is 0.682. The lowest BCUT2D eigenvalue weighted by Crippen LogP contribution is -2.50. The number of benzene rings is 1. The summed E-state index contributed by atoms with van der Waals surface area (Å²) in [5.74, 6) is -1.56. The molecule has 1 N–H and O–H groups in total. The van der Waals surface area contributed by atoms with E-state index in [0.29, 0.717) is 19.4 Å². The Labute approximate surface area is 125 Å². The molecule has 1 atom stereocenters.